The average Bonchev–Trinajstić information content (AvgIpc) is 2.95. The lowest BCUT2D eigenvalue weighted by Crippen LogP contribution is -2.23. The van der Waals surface area contributed by atoms with E-state index in [1.165, 1.54) is 5.56 Å². The van der Waals surface area contributed by atoms with Crippen LogP contribution in [0.2, 0.25) is 0 Å². The van der Waals surface area contributed by atoms with Gasteiger partial charge in [0.1, 0.15) is 5.65 Å². The third-order valence-corrected chi connectivity index (χ3v) is 3.57. The molecule has 116 valence electrons. The van der Waals surface area contributed by atoms with Crippen LogP contribution in [0.5, 0.6) is 0 Å². The van der Waals surface area contributed by atoms with Crippen molar-refractivity contribution in [2.24, 2.45) is 0 Å². The lowest BCUT2D eigenvalue weighted by Gasteiger charge is -1.99. The molecule has 2 heterocycles. The van der Waals surface area contributed by atoms with Gasteiger partial charge in [-0.1, -0.05) is 30.3 Å². The molecule has 1 aromatic carbocycles. The van der Waals surface area contributed by atoms with Crippen molar-refractivity contribution in [3.05, 3.63) is 77.8 Å². The van der Waals surface area contributed by atoms with Gasteiger partial charge in [-0.3, -0.25) is 4.79 Å². The maximum atomic E-state index is 11.8. The fraction of sp³-hybridized carbons (Fsp3) is 0.158. The van der Waals surface area contributed by atoms with Crippen LogP contribution in [-0.4, -0.2) is 21.8 Å². The number of carbonyl (C=O) groups excluding carboxylic acids is 1. The Bertz CT molecular complexity index is 834. The number of pyridine rings is 1. The zero-order valence-electron chi connectivity index (χ0n) is 13.1. The van der Waals surface area contributed by atoms with E-state index in [1.54, 1.807) is 6.08 Å². The molecule has 0 aliphatic carbocycles. The largest absolute Gasteiger partial charge is 0.352 e. The summed E-state index contributed by atoms with van der Waals surface area (Å²) in [6.45, 7) is 2.62. The molecule has 3 rings (SSSR count). The summed E-state index contributed by atoms with van der Waals surface area (Å²) in [5.74, 6) is -0.0894. The molecule has 0 atom stereocenters. The summed E-state index contributed by atoms with van der Waals surface area (Å²) in [5, 5.41) is 2.88. The Morgan fingerprint density at radius 3 is 2.91 bits per heavy atom. The molecule has 3 aromatic rings. The summed E-state index contributed by atoms with van der Waals surface area (Å²) in [4.78, 5) is 16.4. The Hall–Kier alpha value is -2.88. The first-order valence-corrected chi connectivity index (χ1v) is 7.66. The molecule has 0 spiro atoms. The lowest BCUT2D eigenvalue weighted by atomic mass is 10.2. The average molecular weight is 305 g/mol. The van der Waals surface area contributed by atoms with E-state index in [2.05, 4.69) is 16.4 Å². The van der Waals surface area contributed by atoms with E-state index in [9.17, 15) is 4.79 Å². The molecule has 0 fully saturated rings. The van der Waals surface area contributed by atoms with Crippen LogP contribution in [0, 0.1) is 6.92 Å². The summed E-state index contributed by atoms with van der Waals surface area (Å²) >= 11 is 0. The molecule has 23 heavy (non-hydrogen) atoms. The summed E-state index contributed by atoms with van der Waals surface area (Å²) in [6, 6.07) is 13.9. The standard InChI is InChI=1S/C19H19N3O/c1-15-10-12-22-14-17(21-18(22)13-15)9-11-20-19(23)8-7-16-5-3-2-4-6-16/h2-8,10,12-14H,9,11H2,1H3,(H,20,23)/b8-7+. The Labute approximate surface area is 135 Å². The highest BCUT2D eigenvalue weighted by molar-refractivity contribution is 5.91. The van der Waals surface area contributed by atoms with Gasteiger partial charge in [-0.15, -0.1) is 0 Å². The smallest absolute Gasteiger partial charge is 0.244 e. The molecule has 0 saturated carbocycles. The Balaban J connectivity index is 1.52. The summed E-state index contributed by atoms with van der Waals surface area (Å²) < 4.78 is 2.00. The van der Waals surface area contributed by atoms with Crippen LogP contribution in [0.4, 0.5) is 0 Å². The van der Waals surface area contributed by atoms with Gasteiger partial charge in [0.05, 0.1) is 5.69 Å². The first-order valence-electron chi connectivity index (χ1n) is 7.66. The predicted molar refractivity (Wildman–Crippen MR) is 92.1 cm³/mol. The molecule has 0 aliphatic rings. The molecule has 1 amide bonds. The van der Waals surface area contributed by atoms with Crippen LogP contribution in [0.25, 0.3) is 11.7 Å². The maximum Gasteiger partial charge on any atom is 0.244 e. The van der Waals surface area contributed by atoms with Crippen LogP contribution in [0.3, 0.4) is 0 Å². The molecule has 0 radical (unpaired) electrons. The lowest BCUT2D eigenvalue weighted by molar-refractivity contribution is -0.116. The van der Waals surface area contributed by atoms with Gasteiger partial charge < -0.3 is 9.72 Å². The number of amides is 1. The van der Waals surface area contributed by atoms with E-state index in [-0.39, 0.29) is 5.91 Å². The molecule has 0 bridgehead atoms. The number of carbonyl (C=O) groups is 1. The number of hydrogen-bond acceptors (Lipinski definition) is 2. The molecule has 0 unspecified atom stereocenters. The number of nitrogens with zero attached hydrogens (tertiary/aromatic N) is 2. The van der Waals surface area contributed by atoms with Crippen LogP contribution in [-0.2, 0) is 11.2 Å². The monoisotopic (exact) mass is 305 g/mol. The molecule has 0 aliphatic heterocycles. The van der Waals surface area contributed by atoms with E-state index < -0.39 is 0 Å². The SMILES string of the molecule is Cc1ccn2cc(CCNC(=O)/C=C/c3ccccc3)nc2c1. The third kappa shape index (κ3) is 4.07. The number of nitrogens with one attached hydrogen (secondary N) is 1. The van der Waals surface area contributed by atoms with Crippen LogP contribution in [0.1, 0.15) is 16.8 Å². The first kappa shape index (κ1) is 15.0. The van der Waals surface area contributed by atoms with Crippen molar-refractivity contribution in [1.29, 1.82) is 0 Å². The summed E-state index contributed by atoms with van der Waals surface area (Å²) in [7, 11) is 0. The minimum Gasteiger partial charge on any atom is -0.352 e. The molecule has 1 N–H and O–H groups in total. The number of fused-ring (bicyclic) bond motifs is 1. The number of imidazole rings is 1. The number of aryl methyl sites for hydroxylation is 1. The highest BCUT2D eigenvalue weighted by Crippen LogP contribution is 2.07. The van der Waals surface area contributed by atoms with Gasteiger partial charge in [-0.25, -0.2) is 4.98 Å². The summed E-state index contributed by atoms with van der Waals surface area (Å²) in [5.41, 5.74) is 4.12. The van der Waals surface area contributed by atoms with Crippen molar-refractivity contribution in [1.82, 2.24) is 14.7 Å². The maximum absolute atomic E-state index is 11.8. The molecular weight excluding hydrogens is 286 g/mol. The zero-order chi connectivity index (χ0) is 16.1. The van der Waals surface area contributed by atoms with Crippen molar-refractivity contribution in [3.63, 3.8) is 0 Å². The second-order valence-electron chi connectivity index (χ2n) is 5.49. The highest BCUT2D eigenvalue weighted by atomic mass is 16.1. The van der Waals surface area contributed by atoms with Gasteiger partial charge in [-0.2, -0.15) is 0 Å². The molecule has 0 saturated heterocycles. The highest BCUT2D eigenvalue weighted by Gasteiger charge is 2.02. The molecule has 2 aromatic heterocycles. The van der Waals surface area contributed by atoms with Gasteiger partial charge in [0.2, 0.25) is 5.91 Å². The minimum absolute atomic E-state index is 0.0894. The van der Waals surface area contributed by atoms with Crippen molar-refractivity contribution in [2.75, 3.05) is 6.54 Å². The van der Waals surface area contributed by atoms with Crippen LogP contribution >= 0.6 is 0 Å². The van der Waals surface area contributed by atoms with Crippen LogP contribution < -0.4 is 5.32 Å². The van der Waals surface area contributed by atoms with E-state index in [0.29, 0.717) is 13.0 Å². The number of aromatic nitrogens is 2. The Kier molecular flexibility index (Phi) is 4.52. The van der Waals surface area contributed by atoms with E-state index in [0.717, 1.165) is 16.9 Å². The topological polar surface area (TPSA) is 46.4 Å². The van der Waals surface area contributed by atoms with E-state index >= 15 is 0 Å². The van der Waals surface area contributed by atoms with Gasteiger partial charge >= 0.3 is 0 Å². The number of hydrogen-bond donors (Lipinski definition) is 1. The predicted octanol–water partition coefficient (Wildman–Crippen LogP) is 3.01. The van der Waals surface area contributed by atoms with Crippen molar-refractivity contribution in [3.8, 4) is 0 Å². The normalized spacial score (nSPS) is 11.2. The van der Waals surface area contributed by atoms with Gasteiger partial charge in [0.15, 0.2) is 0 Å². The number of benzene rings is 1. The minimum atomic E-state index is -0.0894. The molecular formula is C19H19N3O. The van der Waals surface area contributed by atoms with E-state index in [4.69, 9.17) is 0 Å². The fourth-order valence-electron chi connectivity index (χ4n) is 2.37. The van der Waals surface area contributed by atoms with Gasteiger partial charge in [-0.05, 0) is 36.3 Å². The second kappa shape index (κ2) is 6.92. The molecule has 4 heteroatoms. The fourth-order valence-corrected chi connectivity index (χ4v) is 2.37. The van der Waals surface area contributed by atoms with Crippen molar-refractivity contribution < 1.29 is 4.79 Å². The van der Waals surface area contributed by atoms with Crippen LogP contribution in [0.15, 0.2) is 60.9 Å². The summed E-state index contributed by atoms with van der Waals surface area (Å²) in [6.07, 6.45) is 8.08. The van der Waals surface area contributed by atoms with Crippen molar-refractivity contribution in [2.45, 2.75) is 13.3 Å². The van der Waals surface area contributed by atoms with Gasteiger partial charge in [0, 0.05) is 31.4 Å². The Morgan fingerprint density at radius 1 is 1.26 bits per heavy atom. The number of rotatable bonds is 5. The zero-order valence-corrected chi connectivity index (χ0v) is 13.1. The Morgan fingerprint density at radius 2 is 2.09 bits per heavy atom. The second-order valence-corrected chi connectivity index (χ2v) is 5.49. The van der Waals surface area contributed by atoms with E-state index in [1.807, 2.05) is 66.2 Å². The van der Waals surface area contributed by atoms with Gasteiger partial charge in [0.25, 0.3) is 0 Å². The molecule has 4 nitrogen and oxygen atoms in total. The first-order chi connectivity index (χ1) is 11.2. The van der Waals surface area contributed by atoms with Crippen molar-refractivity contribution >= 4 is 17.6 Å². The quantitative estimate of drug-likeness (QED) is 0.737. The third-order valence-electron chi connectivity index (χ3n) is 3.57.